The molecule has 0 radical (unpaired) electrons. The molecule has 1 aliphatic rings. The molecule has 3 rings (SSSR count). The van der Waals surface area contributed by atoms with Crippen LogP contribution >= 0.6 is 11.3 Å². The summed E-state index contributed by atoms with van der Waals surface area (Å²) in [5.41, 5.74) is 0.476. The van der Waals surface area contributed by atoms with Gasteiger partial charge in [0.05, 0.1) is 4.88 Å². The van der Waals surface area contributed by atoms with Crippen LogP contribution in [0.15, 0.2) is 34.4 Å². The van der Waals surface area contributed by atoms with Gasteiger partial charge in [-0.15, -0.1) is 11.3 Å². The smallest absolute Gasteiger partial charge is 0.267 e. The molecule has 1 amide bonds. The topological polar surface area (TPSA) is 58.4 Å². The molecule has 0 unspecified atom stereocenters. The van der Waals surface area contributed by atoms with Crippen molar-refractivity contribution in [2.24, 2.45) is 0 Å². The standard InChI is InChI=1S/C15H18N4O2S/c1-17-6-8-18(9-7-17)15(21)11-19-14(20)5-4-12(16-19)13-3-2-10-22-13/h2-5,10H,6-9,11H2,1H3. The predicted molar refractivity (Wildman–Crippen MR) is 85.9 cm³/mol. The zero-order valence-electron chi connectivity index (χ0n) is 12.4. The van der Waals surface area contributed by atoms with Gasteiger partial charge in [0.1, 0.15) is 12.2 Å². The number of carbonyl (C=O) groups excluding carboxylic acids is 1. The Bertz CT molecular complexity index is 703. The van der Waals surface area contributed by atoms with Crippen LogP contribution < -0.4 is 5.56 Å². The van der Waals surface area contributed by atoms with Crippen molar-refractivity contribution >= 4 is 17.2 Å². The van der Waals surface area contributed by atoms with Crippen molar-refractivity contribution in [3.05, 3.63) is 40.0 Å². The van der Waals surface area contributed by atoms with Gasteiger partial charge in [-0.2, -0.15) is 5.10 Å². The molecule has 1 fully saturated rings. The van der Waals surface area contributed by atoms with Gasteiger partial charge in [0.25, 0.3) is 5.56 Å². The second kappa shape index (κ2) is 6.41. The molecular weight excluding hydrogens is 300 g/mol. The summed E-state index contributed by atoms with van der Waals surface area (Å²) in [6.07, 6.45) is 0. The maximum Gasteiger partial charge on any atom is 0.267 e. The molecule has 0 atom stereocenters. The number of hydrogen-bond donors (Lipinski definition) is 0. The van der Waals surface area contributed by atoms with E-state index in [-0.39, 0.29) is 18.0 Å². The van der Waals surface area contributed by atoms with Gasteiger partial charge in [-0.3, -0.25) is 9.59 Å². The number of aromatic nitrogens is 2. The molecule has 0 saturated carbocycles. The van der Waals surface area contributed by atoms with Crippen molar-refractivity contribution in [3.8, 4) is 10.6 Å². The first-order valence-corrected chi connectivity index (χ1v) is 8.10. The molecule has 0 aromatic carbocycles. The van der Waals surface area contributed by atoms with Crippen molar-refractivity contribution < 1.29 is 4.79 Å². The second-order valence-electron chi connectivity index (χ2n) is 5.38. The quantitative estimate of drug-likeness (QED) is 0.838. The number of hydrogen-bond acceptors (Lipinski definition) is 5. The first-order valence-electron chi connectivity index (χ1n) is 7.22. The van der Waals surface area contributed by atoms with E-state index in [1.807, 2.05) is 24.6 Å². The molecule has 22 heavy (non-hydrogen) atoms. The van der Waals surface area contributed by atoms with E-state index in [1.165, 1.54) is 10.7 Å². The zero-order valence-corrected chi connectivity index (χ0v) is 13.3. The Balaban J connectivity index is 1.76. The Morgan fingerprint density at radius 1 is 1.23 bits per heavy atom. The Morgan fingerprint density at radius 3 is 2.68 bits per heavy atom. The molecule has 1 aliphatic heterocycles. The molecule has 0 bridgehead atoms. The van der Waals surface area contributed by atoms with E-state index in [1.54, 1.807) is 22.3 Å². The summed E-state index contributed by atoms with van der Waals surface area (Å²) >= 11 is 1.56. The summed E-state index contributed by atoms with van der Waals surface area (Å²) in [5, 5.41) is 6.28. The van der Waals surface area contributed by atoms with Crippen LogP contribution in [0.25, 0.3) is 10.6 Å². The van der Waals surface area contributed by atoms with Crippen molar-refractivity contribution in [3.63, 3.8) is 0 Å². The van der Waals surface area contributed by atoms with Gasteiger partial charge in [0.15, 0.2) is 0 Å². The Morgan fingerprint density at radius 2 is 2.00 bits per heavy atom. The number of thiophene rings is 1. The van der Waals surface area contributed by atoms with E-state index < -0.39 is 0 Å². The second-order valence-corrected chi connectivity index (χ2v) is 6.32. The molecule has 0 N–H and O–H groups in total. The number of carbonyl (C=O) groups is 1. The minimum Gasteiger partial charge on any atom is -0.339 e. The summed E-state index contributed by atoms with van der Waals surface area (Å²) in [6, 6.07) is 7.06. The van der Waals surface area contributed by atoms with Gasteiger partial charge in [0.2, 0.25) is 5.91 Å². The van der Waals surface area contributed by atoms with Gasteiger partial charge in [-0.05, 0) is 24.6 Å². The number of rotatable bonds is 3. The van der Waals surface area contributed by atoms with Crippen molar-refractivity contribution in [1.29, 1.82) is 0 Å². The lowest BCUT2D eigenvalue weighted by atomic mass is 10.3. The van der Waals surface area contributed by atoms with E-state index in [2.05, 4.69) is 10.00 Å². The van der Waals surface area contributed by atoms with Crippen LogP contribution in [0.4, 0.5) is 0 Å². The summed E-state index contributed by atoms with van der Waals surface area (Å²) in [5.74, 6) is -0.0500. The Kier molecular flexibility index (Phi) is 4.35. The molecule has 0 aliphatic carbocycles. The molecule has 2 aromatic heterocycles. The van der Waals surface area contributed by atoms with Crippen LogP contribution in [0, 0.1) is 0 Å². The minimum absolute atomic E-state index is 0.00175. The highest BCUT2D eigenvalue weighted by Crippen LogP contribution is 2.21. The van der Waals surface area contributed by atoms with Gasteiger partial charge < -0.3 is 9.80 Å². The van der Waals surface area contributed by atoms with Gasteiger partial charge in [-0.25, -0.2) is 4.68 Å². The fourth-order valence-electron chi connectivity index (χ4n) is 2.40. The average Bonchev–Trinajstić information content (AvgIpc) is 3.04. The molecule has 1 saturated heterocycles. The third-order valence-corrected chi connectivity index (χ3v) is 4.67. The largest absolute Gasteiger partial charge is 0.339 e. The van der Waals surface area contributed by atoms with Crippen molar-refractivity contribution in [1.82, 2.24) is 19.6 Å². The summed E-state index contributed by atoms with van der Waals surface area (Å²) < 4.78 is 1.26. The van der Waals surface area contributed by atoms with Gasteiger partial charge in [0, 0.05) is 32.2 Å². The number of nitrogens with zero attached hydrogens (tertiary/aromatic N) is 4. The van der Waals surface area contributed by atoms with E-state index in [0.717, 1.165) is 23.7 Å². The number of likely N-dealkylation sites (N-methyl/N-ethyl adjacent to an activating group) is 1. The predicted octanol–water partition coefficient (Wildman–Crippen LogP) is 0.746. The molecule has 3 heterocycles. The minimum atomic E-state index is -0.247. The van der Waals surface area contributed by atoms with Crippen LogP contribution in [0.3, 0.4) is 0 Å². The lowest BCUT2D eigenvalue weighted by Gasteiger charge is -2.32. The average molecular weight is 318 g/mol. The maximum absolute atomic E-state index is 12.3. The van der Waals surface area contributed by atoms with Crippen LogP contribution in [0.1, 0.15) is 0 Å². The Hall–Kier alpha value is -1.99. The summed E-state index contributed by atoms with van der Waals surface area (Å²) in [4.78, 5) is 29.2. The fourth-order valence-corrected chi connectivity index (χ4v) is 3.09. The molecule has 6 nitrogen and oxygen atoms in total. The first kappa shape index (κ1) is 14.9. The number of piperazine rings is 1. The third-order valence-electron chi connectivity index (χ3n) is 3.78. The first-order chi connectivity index (χ1) is 10.6. The van der Waals surface area contributed by atoms with E-state index >= 15 is 0 Å². The van der Waals surface area contributed by atoms with Crippen LogP contribution in [0.5, 0.6) is 0 Å². The maximum atomic E-state index is 12.3. The highest BCUT2D eigenvalue weighted by Gasteiger charge is 2.20. The highest BCUT2D eigenvalue weighted by atomic mass is 32.1. The monoisotopic (exact) mass is 318 g/mol. The lowest BCUT2D eigenvalue weighted by Crippen LogP contribution is -2.48. The van der Waals surface area contributed by atoms with Crippen molar-refractivity contribution in [2.45, 2.75) is 6.54 Å². The SMILES string of the molecule is CN1CCN(C(=O)Cn2nc(-c3cccs3)ccc2=O)CC1. The van der Waals surface area contributed by atoms with E-state index in [4.69, 9.17) is 0 Å². The van der Waals surface area contributed by atoms with Crippen LogP contribution in [-0.2, 0) is 11.3 Å². The van der Waals surface area contributed by atoms with Crippen molar-refractivity contribution in [2.75, 3.05) is 33.2 Å². The van der Waals surface area contributed by atoms with Crippen LogP contribution in [-0.4, -0.2) is 58.7 Å². The molecule has 7 heteroatoms. The molecule has 116 valence electrons. The summed E-state index contributed by atoms with van der Waals surface area (Å²) in [6.45, 7) is 3.14. The third kappa shape index (κ3) is 3.26. The van der Waals surface area contributed by atoms with Crippen LogP contribution in [0.2, 0.25) is 0 Å². The highest BCUT2D eigenvalue weighted by molar-refractivity contribution is 7.13. The molecule has 0 spiro atoms. The normalized spacial score (nSPS) is 16.0. The molecular formula is C15H18N4O2S. The Labute approximate surface area is 132 Å². The number of amides is 1. The fraction of sp³-hybridized carbons (Fsp3) is 0.400. The molecule has 2 aromatic rings. The lowest BCUT2D eigenvalue weighted by molar-refractivity contribution is -0.133. The van der Waals surface area contributed by atoms with E-state index in [9.17, 15) is 9.59 Å². The van der Waals surface area contributed by atoms with Gasteiger partial charge in [-0.1, -0.05) is 6.07 Å². The zero-order chi connectivity index (χ0) is 15.5. The van der Waals surface area contributed by atoms with E-state index in [0.29, 0.717) is 13.1 Å². The van der Waals surface area contributed by atoms with Gasteiger partial charge >= 0.3 is 0 Å². The summed E-state index contributed by atoms with van der Waals surface area (Å²) in [7, 11) is 2.04.